The van der Waals surface area contributed by atoms with Crippen LogP contribution in [0.4, 0.5) is 10.5 Å². The monoisotopic (exact) mass is 555 g/mol. The van der Waals surface area contributed by atoms with Gasteiger partial charge in [0.25, 0.3) is 0 Å². The van der Waals surface area contributed by atoms with Crippen molar-refractivity contribution >= 4 is 23.6 Å². The number of carbonyl (C=O) groups excluding carboxylic acids is 2. The smallest absolute Gasteiger partial charge is 0.335 e. The number of ether oxygens (including phenoxy) is 2. The maximum absolute atomic E-state index is 13.4. The van der Waals surface area contributed by atoms with E-state index < -0.39 is 18.0 Å². The van der Waals surface area contributed by atoms with Crippen molar-refractivity contribution < 1.29 is 29.0 Å². The highest BCUT2D eigenvalue weighted by molar-refractivity contribution is 5.94. The minimum atomic E-state index is -1.07. The normalized spacial score (nSPS) is 16.4. The first-order chi connectivity index (χ1) is 19.9. The van der Waals surface area contributed by atoms with Gasteiger partial charge < -0.3 is 30.5 Å². The first-order valence-corrected chi connectivity index (χ1v) is 13.2. The lowest BCUT2D eigenvalue weighted by molar-refractivity contribution is -0.123. The van der Waals surface area contributed by atoms with Crippen LogP contribution >= 0.6 is 0 Å². The van der Waals surface area contributed by atoms with Gasteiger partial charge in [0.2, 0.25) is 12.7 Å². The van der Waals surface area contributed by atoms with Gasteiger partial charge >= 0.3 is 12.0 Å². The predicted octanol–water partition coefficient (Wildman–Crippen LogP) is 3.11. The third-order valence-corrected chi connectivity index (χ3v) is 7.00. The zero-order chi connectivity index (χ0) is 28.8. The molecule has 0 saturated carbocycles. The molecule has 11 nitrogen and oxygen atoms in total. The molecule has 2 heterocycles. The van der Waals surface area contributed by atoms with Crippen molar-refractivity contribution in [3.63, 3.8) is 0 Å². The first kappa shape index (κ1) is 27.5. The molecule has 0 spiro atoms. The molecule has 2 aliphatic rings. The summed E-state index contributed by atoms with van der Waals surface area (Å²) in [7, 11) is 0. The lowest BCUT2D eigenvalue weighted by Crippen LogP contribution is -2.52. The summed E-state index contributed by atoms with van der Waals surface area (Å²) in [5, 5.41) is 26.6. The van der Waals surface area contributed by atoms with Gasteiger partial charge in [-0.3, -0.25) is 9.69 Å². The molecule has 41 heavy (non-hydrogen) atoms. The number of carboxylic acid groups (broad SMARTS) is 1. The number of nitrogens with one attached hydrogen (secondary N) is 3. The van der Waals surface area contributed by atoms with Crippen LogP contribution in [0.15, 0.2) is 66.7 Å². The van der Waals surface area contributed by atoms with Gasteiger partial charge in [-0.15, -0.1) is 0 Å². The second kappa shape index (κ2) is 12.4. The molecule has 1 saturated heterocycles. The topological polar surface area (TPSA) is 153 Å². The molecule has 11 heteroatoms. The van der Waals surface area contributed by atoms with Gasteiger partial charge in [-0.2, -0.15) is 5.26 Å². The Morgan fingerprint density at radius 3 is 2.46 bits per heavy atom. The minimum absolute atomic E-state index is 0.0894. The molecule has 0 aliphatic carbocycles. The lowest BCUT2D eigenvalue weighted by Gasteiger charge is -2.22. The first-order valence-electron chi connectivity index (χ1n) is 13.2. The van der Waals surface area contributed by atoms with Crippen LogP contribution < -0.4 is 25.4 Å². The Morgan fingerprint density at radius 2 is 1.73 bits per heavy atom. The molecule has 4 N–H and O–H groups in total. The lowest BCUT2D eigenvalue weighted by atomic mass is 10.0. The number of likely N-dealkylation sites (tertiary alicyclic amines) is 1. The van der Waals surface area contributed by atoms with Crippen LogP contribution in [0, 0.1) is 11.3 Å². The number of anilines is 1. The molecule has 5 rings (SSSR count). The van der Waals surface area contributed by atoms with Crippen LogP contribution in [0.5, 0.6) is 11.5 Å². The highest BCUT2D eigenvalue weighted by Crippen LogP contribution is 2.33. The summed E-state index contributed by atoms with van der Waals surface area (Å²) in [4.78, 5) is 39.6. The van der Waals surface area contributed by atoms with Gasteiger partial charge in [0.1, 0.15) is 6.04 Å². The molecule has 0 aromatic heterocycles. The number of carbonyl (C=O) groups is 3. The molecule has 0 unspecified atom stereocenters. The van der Waals surface area contributed by atoms with E-state index in [2.05, 4.69) is 26.9 Å². The second-order valence-corrected chi connectivity index (χ2v) is 9.96. The van der Waals surface area contributed by atoms with Crippen LogP contribution in [0.3, 0.4) is 0 Å². The van der Waals surface area contributed by atoms with E-state index >= 15 is 0 Å². The standard InChI is InChI=1S/C30H29N5O6/c31-15-20-3-1-19(2-4-20)13-25(34-30(39)33-23-8-6-22(7-9-23)29(37)38)28(36)32-24-11-12-35(17-24)16-21-5-10-26-27(14-21)41-18-40-26/h1-10,14,24-25H,11-13,16-18H2,(H,32,36)(H,37,38)(H2,33,34,39)/t24-,25-/m0/s1. The number of fused-ring (bicyclic) bond motifs is 1. The van der Waals surface area contributed by atoms with E-state index in [-0.39, 0.29) is 30.7 Å². The fourth-order valence-electron chi connectivity index (χ4n) is 4.88. The summed E-state index contributed by atoms with van der Waals surface area (Å²) in [5.41, 5.74) is 2.86. The van der Waals surface area contributed by atoms with E-state index in [1.165, 1.54) is 24.3 Å². The Kier molecular flexibility index (Phi) is 8.31. The third-order valence-electron chi connectivity index (χ3n) is 7.00. The number of carboxylic acids is 1. The highest BCUT2D eigenvalue weighted by atomic mass is 16.7. The van der Waals surface area contributed by atoms with Crippen molar-refractivity contribution in [2.75, 3.05) is 25.2 Å². The van der Waals surface area contributed by atoms with Crippen LogP contribution in [-0.4, -0.2) is 59.9 Å². The maximum Gasteiger partial charge on any atom is 0.335 e. The second-order valence-electron chi connectivity index (χ2n) is 9.96. The van der Waals surface area contributed by atoms with E-state index in [1.54, 1.807) is 24.3 Å². The predicted molar refractivity (Wildman–Crippen MR) is 149 cm³/mol. The number of aromatic carboxylic acids is 1. The Balaban J connectivity index is 1.21. The Morgan fingerprint density at radius 1 is 1.00 bits per heavy atom. The van der Waals surface area contributed by atoms with Crippen LogP contribution in [0.1, 0.15) is 33.5 Å². The minimum Gasteiger partial charge on any atom is -0.478 e. The van der Waals surface area contributed by atoms with Crippen molar-refractivity contribution in [2.45, 2.75) is 31.5 Å². The molecule has 3 aromatic rings. The molecule has 1 fully saturated rings. The summed E-state index contributed by atoms with van der Waals surface area (Å²) >= 11 is 0. The number of hydrogen-bond donors (Lipinski definition) is 4. The Labute approximate surface area is 236 Å². The van der Waals surface area contributed by atoms with Crippen LogP contribution in [-0.2, 0) is 17.8 Å². The van der Waals surface area contributed by atoms with Gasteiger partial charge in [0.05, 0.1) is 17.2 Å². The quantitative estimate of drug-likeness (QED) is 0.314. The zero-order valence-electron chi connectivity index (χ0n) is 22.1. The summed E-state index contributed by atoms with van der Waals surface area (Å²) in [5.74, 6) is 0.0870. The molecule has 3 aromatic carbocycles. The molecule has 210 valence electrons. The summed E-state index contributed by atoms with van der Waals surface area (Å²) in [6.45, 7) is 2.40. The fourth-order valence-corrected chi connectivity index (χ4v) is 4.88. The molecule has 0 radical (unpaired) electrons. The number of amides is 3. The number of benzene rings is 3. The van der Waals surface area contributed by atoms with Gasteiger partial charge in [-0.25, -0.2) is 9.59 Å². The van der Waals surface area contributed by atoms with E-state index in [9.17, 15) is 14.4 Å². The molecular weight excluding hydrogens is 526 g/mol. The van der Waals surface area contributed by atoms with Crippen LogP contribution in [0.2, 0.25) is 0 Å². The van der Waals surface area contributed by atoms with Gasteiger partial charge in [0.15, 0.2) is 11.5 Å². The summed E-state index contributed by atoms with van der Waals surface area (Å²) < 4.78 is 10.9. The van der Waals surface area contributed by atoms with Crippen molar-refractivity contribution in [3.05, 3.63) is 89.0 Å². The molecule has 3 amide bonds. The third kappa shape index (κ3) is 7.12. The zero-order valence-corrected chi connectivity index (χ0v) is 22.1. The van der Waals surface area contributed by atoms with E-state index in [1.807, 2.05) is 18.2 Å². The molecule has 2 aliphatic heterocycles. The largest absolute Gasteiger partial charge is 0.478 e. The summed E-state index contributed by atoms with van der Waals surface area (Å²) in [6.07, 6.45) is 0.985. The Bertz CT molecular complexity index is 1470. The summed E-state index contributed by atoms with van der Waals surface area (Å²) in [6, 6.07) is 18.9. The van der Waals surface area contributed by atoms with Gasteiger partial charge in [-0.05, 0) is 66.1 Å². The highest BCUT2D eigenvalue weighted by Gasteiger charge is 2.28. The number of rotatable bonds is 9. The SMILES string of the molecule is N#Cc1ccc(C[C@H](NC(=O)Nc2ccc(C(=O)O)cc2)C(=O)N[C@H]2CCN(Cc3ccc4c(c3)OCO4)C2)cc1. The van der Waals surface area contributed by atoms with Gasteiger partial charge in [0, 0.05) is 37.8 Å². The van der Waals surface area contributed by atoms with Crippen molar-refractivity contribution in [2.24, 2.45) is 0 Å². The number of nitrogens with zero attached hydrogens (tertiary/aromatic N) is 2. The number of urea groups is 1. The van der Waals surface area contributed by atoms with Gasteiger partial charge in [-0.1, -0.05) is 18.2 Å². The van der Waals surface area contributed by atoms with E-state index in [0.29, 0.717) is 24.3 Å². The number of hydrogen-bond acceptors (Lipinski definition) is 7. The van der Waals surface area contributed by atoms with Crippen molar-refractivity contribution in [3.8, 4) is 17.6 Å². The molecular formula is C30H29N5O6. The fraction of sp³-hybridized carbons (Fsp3) is 0.267. The van der Waals surface area contributed by atoms with Crippen molar-refractivity contribution in [1.82, 2.24) is 15.5 Å². The number of nitriles is 1. The van der Waals surface area contributed by atoms with E-state index in [4.69, 9.17) is 19.8 Å². The average Bonchev–Trinajstić information content (AvgIpc) is 3.62. The van der Waals surface area contributed by atoms with Crippen molar-refractivity contribution in [1.29, 1.82) is 5.26 Å². The van der Waals surface area contributed by atoms with E-state index in [0.717, 1.165) is 35.6 Å². The average molecular weight is 556 g/mol. The maximum atomic E-state index is 13.4. The Hall–Kier alpha value is -5.08. The molecule has 2 atom stereocenters. The van der Waals surface area contributed by atoms with Crippen LogP contribution in [0.25, 0.3) is 0 Å². The molecule has 0 bridgehead atoms.